The van der Waals surface area contributed by atoms with Crippen LogP contribution in [0.5, 0.6) is 0 Å². The van der Waals surface area contributed by atoms with Crippen molar-refractivity contribution in [3.05, 3.63) is 42.1 Å². The normalized spacial score (nSPS) is 22.5. The van der Waals surface area contributed by atoms with E-state index in [1.807, 2.05) is 12.3 Å². The fourth-order valence-corrected chi connectivity index (χ4v) is 3.14. The smallest absolute Gasteiger partial charge is 0.0831 e. The van der Waals surface area contributed by atoms with Crippen LogP contribution in [0, 0.1) is 0 Å². The molecule has 0 saturated carbocycles. The maximum atomic E-state index is 5.98. The number of pyridine rings is 1. The Kier molecular flexibility index (Phi) is 3.93. The second-order valence-corrected chi connectivity index (χ2v) is 6.44. The van der Waals surface area contributed by atoms with E-state index in [1.165, 1.54) is 10.9 Å². The summed E-state index contributed by atoms with van der Waals surface area (Å²) in [6, 6.07) is 10.6. The predicted octanol–water partition coefficient (Wildman–Crippen LogP) is 2.17. The number of morpholine rings is 1. The van der Waals surface area contributed by atoms with Crippen LogP contribution in [0.25, 0.3) is 10.9 Å². The van der Waals surface area contributed by atoms with Crippen molar-refractivity contribution < 1.29 is 4.74 Å². The summed E-state index contributed by atoms with van der Waals surface area (Å²) >= 11 is 0. The van der Waals surface area contributed by atoms with Crippen molar-refractivity contribution in [3.8, 4) is 0 Å². The van der Waals surface area contributed by atoms with Crippen LogP contribution in [0.15, 0.2) is 36.5 Å². The molecule has 2 aromatic rings. The second kappa shape index (κ2) is 5.72. The molecule has 0 bridgehead atoms. The van der Waals surface area contributed by atoms with Crippen LogP contribution >= 0.6 is 0 Å². The van der Waals surface area contributed by atoms with Crippen LogP contribution in [0.2, 0.25) is 0 Å². The molecule has 0 spiro atoms. The Bertz CT molecular complexity index is 626. The van der Waals surface area contributed by atoms with E-state index < -0.39 is 0 Å². The molecule has 3 rings (SSSR count). The first kappa shape index (κ1) is 14.4. The molecule has 1 saturated heterocycles. The molecular formula is C17H23N3O. The zero-order chi connectivity index (χ0) is 14.9. The van der Waals surface area contributed by atoms with E-state index in [-0.39, 0.29) is 11.7 Å². The van der Waals surface area contributed by atoms with Crippen molar-refractivity contribution in [1.29, 1.82) is 0 Å². The highest BCUT2D eigenvalue weighted by molar-refractivity contribution is 5.78. The number of hydrogen-bond acceptors (Lipinski definition) is 4. The first-order valence-corrected chi connectivity index (χ1v) is 7.50. The van der Waals surface area contributed by atoms with Gasteiger partial charge in [-0.15, -0.1) is 0 Å². The lowest BCUT2D eigenvalue weighted by Gasteiger charge is -2.42. The average molecular weight is 285 g/mol. The Balaban J connectivity index is 1.77. The Labute approximate surface area is 125 Å². The van der Waals surface area contributed by atoms with Gasteiger partial charge in [-0.2, -0.15) is 0 Å². The van der Waals surface area contributed by atoms with E-state index in [2.05, 4.69) is 48.0 Å². The fourth-order valence-electron chi connectivity index (χ4n) is 3.14. The average Bonchev–Trinajstić information content (AvgIpc) is 2.45. The van der Waals surface area contributed by atoms with Gasteiger partial charge in [0.15, 0.2) is 0 Å². The summed E-state index contributed by atoms with van der Waals surface area (Å²) in [5.74, 6) is 0. The van der Waals surface area contributed by atoms with Crippen molar-refractivity contribution in [2.45, 2.75) is 32.1 Å². The molecule has 1 aliphatic rings. The number of hydrogen-bond donors (Lipinski definition) is 1. The van der Waals surface area contributed by atoms with E-state index in [9.17, 15) is 0 Å². The van der Waals surface area contributed by atoms with Gasteiger partial charge in [0.2, 0.25) is 0 Å². The number of nitrogens with zero attached hydrogens (tertiary/aromatic N) is 2. The molecule has 112 valence electrons. The van der Waals surface area contributed by atoms with Crippen LogP contribution in [-0.2, 0) is 11.3 Å². The van der Waals surface area contributed by atoms with Crippen LogP contribution < -0.4 is 5.73 Å². The molecule has 1 unspecified atom stereocenters. The predicted molar refractivity (Wildman–Crippen MR) is 85.0 cm³/mol. The lowest BCUT2D eigenvalue weighted by molar-refractivity contribution is -0.133. The number of ether oxygens (including phenoxy) is 1. The van der Waals surface area contributed by atoms with Crippen LogP contribution in [0.1, 0.15) is 19.4 Å². The molecular weight excluding hydrogens is 262 g/mol. The molecule has 1 fully saturated rings. The monoisotopic (exact) mass is 285 g/mol. The highest BCUT2D eigenvalue weighted by Gasteiger charge is 2.32. The molecule has 1 aliphatic heterocycles. The summed E-state index contributed by atoms with van der Waals surface area (Å²) in [4.78, 5) is 6.80. The molecule has 4 nitrogen and oxygen atoms in total. The first-order valence-electron chi connectivity index (χ1n) is 7.50. The summed E-state index contributed by atoms with van der Waals surface area (Å²) in [6.07, 6.45) is 1.95. The van der Waals surface area contributed by atoms with Gasteiger partial charge in [0.05, 0.1) is 17.2 Å². The summed E-state index contributed by atoms with van der Waals surface area (Å²) in [6.45, 7) is 7.58. The zero-order valence-corrected chi connectivity index (χ0v) is 12.7. The van der Waals surface area contributed by atoms with Crippen molar-refractivity contribution >= 4 is 10.9 Å². The van der Waals surface area contributed by atoms with Crippen molar-refractivity contribution in [3.63, 3.8) is 0 Å². The third-order valence-electron chi connectivity index (χ3n) is 3.89. The molecule has 0 aliphatic carbocycles. The van der Waals surface area contributed by atoms with Gasteiger partial charge in [0, 0.05) is 37.8 Å². The number of nitrogens with two attached hydrogens (primary N) is 1. The van der Waals surface area contributed by atoms with E-state index in [0.717, 1.165) is 25.2 Å². The molecule has 2 heterocycles. The van der Waals surface area contributed by atoms with Crippen LogP contribution in [-0.4, -0.2) is 41.2 Å². The van der Waals surface area contributed by atoms with Gasteiger partial charge >= 0.3 is 0 Å². The third-order valence-corrected chi connectivity index (χ3v) is 3.89. The molecule has 0 radical (unpaired) electrons. The maximum Gasteiger partial charge on any atom is 0.0831 e. The maximum absolute atomic E-state index is 5.98. The van der Waals surface area contributed by atoms with Gasteiger partial charge in [0.25, 0.3) is 0 Å². The van der Waals surface area contributed by atoms with Gasteiger partial charge < -0.3 is 10.5 Å². The Hall–Kier alpha value is -1.49. The third kappa shape index (κ3) is 3.40. The minimum Gasteiger partial charge on any atom is -0.368 e. The van der Waals surface area contributed by atoms with Crippen molar-refractivity contribution in [2.75, 3.05) is 19.6 Å². The fraction of sp³-hybridized carbons (Fsp3) is 0.471. The Morgan fingerprint density at radius 1 is 1.38 bits per heavy atom. The van der Waals surface area contributed by atoms with Crippen LogP contribution in [0.3, 0.4) is 0 Å². The minimum atomic E-state index is -0.138. The van der Waals surface area contributed by atoms with E-state index in [4.69, 9.17) is 10.5 Å². The lowest BCUT2D eigenvalue weighted by atomic mass is 10.0. The number of aromatic nitrogens is 1. The standard InChI is InChI=1S/C17H23N3O/c1-17(2)12-20(11-15(9-18)21-17)10-13-5-6-16-14(8-13)4-3-7-19-16/h3-8,15H,9-12,18H2,1-2H3. The molecule has 4 heteroatoms. The molecule has 21 heavy (non-hydrogen) atoms. The Morgan fingerprint density at radius 2 is 2.24 bits per heavy atom. The zero-order valence-electron chi connectivity index (χ0n) is 12.7. The van der Waals surface area contributed by atoms with Crippen LogP contribution in [0.4, 0.5) is 0 Å². The van der Waals surface area contributed by atoms with E-state index in [1.54, 1.807) is 0 Å². The summed E-state index contributed by atoms with van der Waals surface area (Å²) in [5, 5.41) is 1.19. The lowest BCUT2D eigenvalue weighted by Crippen LogP contribution is -2.54. The van der Waals surface area contributed by atoms with Gasteiger partial charge in [-0.25, -0.2) is 0 Å². The van der Waals surface area contributed by atoms with Crippen molar-refractivity contribution in [2.24, 2.45) is 5.73 Å². The van der Waals surface area contributed by atoms with Gasteiger partial charge in [-0.1, -0.05) is 12.1 Å². The van der Waals surface area contributed by atoms with Gasteiger partial charge in [0.1, 0.15) is 0 Å². The summed E-state index contributed by atoms with van der Waals surface area (Å²) in [7, 11) is 0. The molecule has 2 N–H and O–H groups in total. The van der Waals surface area contributed by atoms with Gasteiger partial charge in [-0.05, 0) is 37.6 Å². The molecule has 0 amide bonds. The molecule has 1 aromatic heterocycles. The number of fused-ring (bicyclic) bond motifs is 1. The SMILES string of the molecule is CC1(C)CN(Cc2ccc3ncccc3c2)CC(CN)O1. The van der Waals surface area contributed by atoms with Crippen molar-refractivity contribution in [1.82, 2.24) is 9.88 Å². The quantitative estimate of drug-likeness (QED) is 0.939. The Morgan fingerprint density at radius 3 is 3.05 bits per heavy atom. The molecule has 1 atom stereocenters. The summed E-state index contributed by atoms with van der Waals surface area (Å²) in [5.41, 5.74) is 8.01. The van der Waals surface area contributed by atoms with E-state index >= 15 is 0 Å². The number of rotatable bonds is 3. The number of benzene rings is 1. The van der Waals surface area contributed by atoms with Gasteiger partial charge in [-0.3, -0.25) is 9.88 Å². The summed E-state index contributed by atoms with van der Waals surface area (Å²) < 4.78 is 5.98. The second-order valence-electron chi connectivity index (χ2n) is 6.44. The highest BCUT2D eigenvalue weighted by Crippen LogP contribution is 2.23. The minimum absolute atomic E-state index is 0.121. The first-order chi connectivity index (χ1) is 10.1. The van der Waals surface area contributed by atoms with E-state index in [0.29, 0.717) is 6.54 Å². The molecule has 1 aromatic carbocycles. The largest absolute Gasteiger partial charge is 0.368 e. The highest BCUT2D eigenvalue weighted by atomic mass is 16.5. The topological polar surface area (TPSA) is 51.4 Å².